The number of amides is 1. The number of aromatic nitrogens is 1. The maximum Gasteiger partial charge on any atom is 0.261 e. The number of carbonyl (C=O) groups is 1. The predicted octanol–water partition coefficient (Wildman–Crippen LogP) is -0.135. The number of phenols is 1. The zero-order valence-electron chi connectivity index (χ0n) is 14.7. The molecule has 5 rings (SSSR count). The molecule has 1 aromatic heterocycles. The lowest BCUT2D eigenvalue weighted by atomic mass is 9.50. The predicted molar refractivity (Wildman–Crippen MR) is 97.8 cm³/mol. The number of piperidine rings is 1. The van der Waals surface area contributed by atoms with Crippen LogP contribution in [0, 0.1) is 0 Å². The molecule has 6 N–H and O–H groups in total. The van der Waals surface area contributed by atoms with Crippen LogP contribution in [0.1, 0.15) is 39.2 Å². The van der Waals surface area contributed by atoms with Crippen molar-refractivity contribution in [3.63, 3.8) is 0 Å². The Labute approximate surface area is 155 Å². The Morgan fingerprint density at radius 3 is 2.81 bits per heavy atom. The van der Waals surface area contributed by atoms with E-state index >= 15 is 0 Å². The molecule has 0 saturated carbocycles. The average molecular weight is 367 g/mol. The van der Waals surface area contributed by atoms with Crippen LogP contribution in [0.4, 0.5) is 0 Å². The second-order valence-electron chi connectivity index (χ2n) is 8.04. The van der Waals surface area contributed by atoms with Crippen LogP contribution in [0.3, 0.4) is 0 Å². The fraction of sp³-hybridized carbons (Fsp3) is 0.400. The van der Waals surface area contributed by atoms with Crippen LogP contribution in [0.2, 0.25) is 0 Å². The third-order valence-electron chi connectivity index (χ3n) is 6.80. The normalized spacial score (nSPS) is 30.8. The molecule has 27 heavy (non-hydrogen) atoms. The van der Waals surface area contributed by atoms with Gasteiger partial charge in [0, 0.05) is 30.0 Å². The summed E-state index contributed by atoms with van der Waals surface area (Å²) in [5.74, 6) is -0.602. The van der Waals surface area contributed by atoms with E-state index in [-0.39, 0.29) is 17.4 Å². The summed E-state index contributed by atoms with van der Waals surface area (Å²) in [6.45, 7) is 0.751. The molecule has 0 radical (unpaired) electrons. The van der Waals surface area contributed by atoms with Crippen LogP contribution in [0.15, 0.2) is 29.1 Å². The number of rotatable bonds is 1. The molecule has 0 spiro atoms. The molecule has 140 valence electrons. The first-order chi connectivity index (χ1) is 12.8. The lowest BCUT2D eigenvalue weighted by molar-refractivity contribution is -0.106. The maximum absolute atomic E-state index is 12.3. The number of aromatic amines is 1. The molecule has 1 saturated heterocycles. The molecule has 3 atom stereocenters. The summed E-state index contributed by atoms with van der Waals surface area (Å²) in [6, 6.07) is 6.73. The van der Waals surface area contributed by atoms with Gasteiger partial charge in [-0.2, -0.15) is 0 Å². The van der Waals surface area contributed by atoms with Crippen molar-refractivity contribution in [1.29, 1.82) is 0 Å². The quantitative estimate of drug-likeness (QED) is 0.479. The van der Waals surface area contributed by atoms with Crippen molar-refractivity contribution in [2.45, 2.75) is 42.7 Å². The molecule has 1 aromatic carbocycles. The molecule has 1 aliphatic heterocycles. The van der Waals surface area contributed by atoms with Crippen molar-refractivity contribution in [2.75, 3.05) is 6.54 Å². The standard InChI is InChI=1S/C20H21N3O4/c21-17(25)13-5-11-8-20(27)16-6-10-1-2-12(24)7-14(10)19(20,3-4-22-16)9-15(11)23-18(13)26/h1-2,5,7,16,22,24,27H,3-4,6,8-9H2,(H2,21,25)(H,23,26)/t16-,19?,20-/m1/s1. The van der Waals surface area contributed by atoms with Crippen LogP contribution in [-0.2, 0) is 24.7 Å². The summed E-state index contributed by atoms with van der Waals surface area (Å²) in [5, 5.41) is 25.4. The molecule has 2 aliphatic carbocycles. The fourth-order valence-corrected chi connectivity index (χ4v) is 5.53. The maximum atomic E-state index is 12.3. The number of aromatic hydroxyl groups is 1. The summed E-state index contributed by atoms with van der Waals surface area (Å²) in [6.07, 6.45) is 2.11. The van der Waals surface area contributed by atoms with Crippen LogP contribution in [-0.4, -0.2) is 39.3 Å². The number of nitrogens with two attached hydrogens (primary N) is 1. The van der Waals surface area contributed by atoms with Gasteiger partial charge in [0.15, 0.2) is 0 Å². The van der Waals surface area contributed by atoms with Crippen molar-refractivity contribution in [3.8, 4) is 5.75 Å². The van der Waals surface area contributed by atoms with Gasteiger partial charge in [0.05, 0.1) is 5.60 Å². The van der Waals surface area contributed by atoms with Crippen LogP contribution < -0.4 is 16.6 Å². The van der Waals surface area contributed by atoms with E-state index in [2.05, 4.69) is 10.3 Å². The second-order valence-corrected chi connectivity index (χ2v) is 8.04. The van der Waals surface area contributed by atoms with Crippen molar-refractivity contribution in [1.82, 2.24) is 10.3 Å². The summed E-state index contributed by atoms with van der Waals surface area (Å²) in [7, 11) is 0. The van der Waals surface area contributed by atoms with Crippen molar-refractivity contribution in [2.24, 2.45) is 5.73 Å². The molecular formula is C20H21N3O4. The highest BCUT2D eigenvalue weighted by atomic mass is 16.3. The molecule has 7 nitrogen and oxygen atoms in total. The van der Waals surface area contributed by atoms with Gasteiger partial charge in [-0.15, -0.1) is 0 Å². The average Bonchev–Trinajstić information content (AvgIpc) is 2.60. The van der Waals surface area contributed by atoms with E-state index in [9.17, 15) is 19.8 Å². The summed E-state index contributed by atoms with van der Waals surface area (Å²) in [5.41, 5.74) is 6.60. The van der Waals surface area contributed by atoms with E-state index in [0.29, 0.717) is 25.7 Å². The van der Waals surface area contributed by atoms with E-state index in [4.69, 9.17) is 5.73 Å². The molecule has 2 heterocycles. The van der Waals surface area contributed by atoms with Crippen molar-refractivity contribution >= 4 is 5.91 Å². The van der Waals surface area contributed by atoms with Gasteiger partial charge in [0.25, 0.3) is 11.5 Å². The second kappa shape index (κ2) is 5.21. The zero-order valence-corrected chi connectivity index (χ0v) is 14.7. The van der Waals surface area contributed by atoms with E-state index in [1.54, 1.807) is 12.1 Å². The van der Waals surface area contributed by atoms with E-state index in [1.165, 1.54) is 6.07 Å². The van der Waals surface area contributed by atoms with Crippen molar-refractivity contribution in [3.05, 3.63) is 62.6 Å². The fourth-order valence-electron chi connectivity index (χ4n) is 5.53. The number of fused-ring (bicyclic) bond motifs is 2. The van der Waals surface area contributed by atoms with E-state index in [1.807, 2.05) is 6.07 Å². The number of H-pyrrole nitrogens is 1. The summed E-state index contributed by atoms with van der Waals surface area (Å²) in [4.78, 5) is 26.7. The molecule has 1 unspecified atom stereocenters. The van der Waals surface area contributed by atoms with Gasteiger partial charge in [-0.05, 0) is 54.3 Å². The molecule has 1 amide bonds. The molecule has 2 aromatic rings. The minimum atomic E-state index is -1.08. The van der Waals surface area contributed by atoms with Gasteiger partial charge in [0.2, 0.25) is 0 Å². The molecule has 3 aliphatic rings. The van der Waals surface area contributed by atoms with E-state index < -0.39 is 22.5 Å². The molecule has 7 heteroatoms. The van der Waals surface area contributed by atoms with Crippen LogP contribution in [0.25, 0.3) is 0 Å². The number of primary amides is 1. The number of benzene rings is 1. The number of hydrogen-bond donors (Lipinski definition) is 5. The van der Waals surface area contributed by atoms with Gasteiger partial charge >= 0.3 is 0 Å². The van der Waals surface area contributed by atoms with Gasteiger partial charge in [-0.3, -0.25) is 9.59 Å². The highest BCUT2D eigenvalue weighted by molar-refractivity contribution is 5.92. The number of nitrogens with one attached hydrogen (secondary N) is 2. The van der Waals surface area contributed by atoms with Gasteiger partial charge in [-0.1, -0.05) is 6.07 Å². The van der Waals surface area contributed by atoms with Crippen molar-refractivity contribution < 1.29 is 15.0 Å². The first-order valence-electron chi connectivity index (χ1n) is 9.17. The summed E-state index contributed by atoms with van der Waals surface area (Å²) >= 11 is 0. The molecular weight excluding hydrogens is 346 g/mol. The number of pyridine rings is 1. The van der Waals surface area contributed by atoms with E-state index in [0.717, 1.165) is 28.9 Å². The molecule has 1 fully saturated rings. The first kappa shape index (κ1) is 16.5. The van der Waals surface area contributed by atoms with Gasteiger partial charge in [0.1, 0.15) is 11.3 Å². The Kier molecular flexibility index (Phi) is 3.19. The minimum absolute atomic E-state index is 0.0831. The third-order valence-corrected chi connectivity index (χ3v) is 6.80. The number of aliphatic hydroxyl groups is 1. The van der Waals surface area contributed by atoms with Crippen LogP contribution in [0.5, 0.6) is 5.75 Å². The highest BCUT2D eigenvalue weighted by Gasteiger charge is 2.62. The Morgan fingerprint density at radius 1 is 1.22 bits per heavy atom. The number of hydrogen-bond acceptors (Lipinski definition) is 5. The minimum Gasteiger partial charge on any atom is -0.508 e. The zero-order chi connectivity index (χ0) is 19.0. The Bertz CT molecular complexity index is 1050. The Hall–Kier alpha value is -2.64. The third kappa shape index (κ3) is 2.04. The Morgan fingerprint density at radius 2 is 2.04 bits per heavy atom. The number of carbonyl (C=O) groups excluding carboxylic acids is 1. The van der Waals surface area contributed by atoms with Gasteiger partial charge in [-0.25, -0.2) is 0 Å². The monoisotopic (exact) mass is 367 g/mol. The smallest absolute Gasteiger partial charge is 0.261 e. The first-order valence-corrected chi connectivity index (χ1v) is 9.17. The lowest BCUT2D eigenvalue weighted by Gasteiger charge is -2.61. The van der Waals surface area contributed by atoms with Gasteiger partial charge < -0.3 is 26.2 Å². The topological polar surface area (TPSA) is 128 Å². The number of phenolic OH excluding ortho intramolecular Hbond substituents is 1. The highest BCUT2D eigenvalue weighted by Crippen LogP contribution is 2.55. The summed E-state index contributed by atoms with van der Waals surface area (Å²) < 4.78 is 0. The SMILES string of the molecule is NC(=O)c1cc2c([nH]c1=O)CC13CCN[C@H](Cc4ccc(O)cc41)[C@]3(O)C2. The largest absolute Gasteiger partial charge is 0.508 e. The lowest BCUT2D eigenvalue weighted by Crippen LogP contribution is -2.73. The molecule has 2 bridgehead atoms. The van der Waals surface area contributed by atoms with Crippen LogP contribution >= 0.6 is 0 Å². The Balaban J connectivity index is 1.76.